The number of benzene rings is 1. The van der Waals surface area contributed by atoms with E-state index in [9.17, 15) is 8.78 Å². The van der Waals surface area contributed by atoms with Crippen molar-refractivity contribution in [3.63, 3.8) is 0 Å². The summed E-state index contributed by atoms with van der Waals surface area (Å²) in [5.41, 5.74) is 0.490. The van der Waals surface area contributed by atoms with Crippen molar-refractivity contribution in [2.45, 2.75) is 25.4 Å². The molecule has 1 aromatic heterocycles. The zero-order valence-corrected chi connectivity index (χ0v) is 12.7. The van der Waals surface area contributed by atoms with Crippen LogP contribution >= 0.6 is 15.9 Å². The fraction of sp³-hybridized carbons (Fsp3) is 0.267. The third-order valence-electron chi connectivity index (χ3n) is 3.20. The number of pyridine rings is 1. The van der Waals surface area contributed by atoms with Gasteiger partial charge >= 0.3 is 0 Å². The van der Waals surface area contributed by atoms with Crippen LogP contribution in [0.5, 0.6) is 11.6 Å². The summed E-state index contributed by atoms with van der Waals surface area (Å²) in [6.07, 6.45) is 3.75. The quantitative estimate of drug-likeness (QED) is 0.874. The van der Waals surface area contributed by atoms with Crippen molar-refractivity contribution in [1.29, 1.82) is 0 Å². The molecule has 2 aromatic rings. The molecule has 1 heterocycles. The summed E-state index contributed by atoms with van der Waals surface area (Å²) < 4.78 is 33.4. The van der Waals surface area contributed by atoms with E-state index >= 15 is 0 Å². The number of hydrogen-bond acceptors (Lipinski definition) is 3. The lowest BCUT2D eigenvalue weighted by Gasteiger charge is -2.09. The van der Waals surface area contributed by atoms with Gasteiger partial charge in [0.05, 0.1) is 4.47 Å². The first-order valence-electron chi connectivity index (χ1n) is 6.63. The first-order chi connectivity index (χ1) is 10.1. The van der Waals surface area contributed by atoms with Crippen LogP contribution in [0.3, 0.4) is 0 Å². The average molecular weight is 355 g/mol. The second-order valence-corrected chi connectivity index (χ2v) is 5.78. The molecule has 0 spiro atoms. The smallest absolute Gasteiger partial charge is 0.256 e. The van der Waals surface area contributed by atoms with Crippen LogP contribution in [0.15, 0.2) is 34.9 Å². The maximum absolute atomic E-state index is 14.3. The van der Waals surface area contributed by atoms with E-state index in [0.717, 1.165) is 12.8 Å². The van der Waals surface area contributed by atoms with E-state index < -0.39 is 11.6 Å². The van der Waals surface area contributed by atoms with Gasteiger partial charge in [-0.2, -0.15) is 0 Å². The summed E-state index contributed by atoms with van der Waals surface area (Å²) in [6.45, 7) is 0.435. The number of nitrogens with zero attached hydrogens (tertiary/aromatic N) is 1. The Kier molecular flexibility index (Phi) is 4.17. The van der Waals surface area contributed by atoms with Gasteiger partial charge in [0.2, 0.25) is 0 Å². The number of nitrogens with one attached hydrogen (secondary N) is 1. The molecule has 3 nitrogen and oxygen atoms in total. The molecule has 1 aliphatic carbocycles. The highest BCUT2D eigenvalue weighted by atomic mass is 79.9. The highest BCUT2D eigenvalue weighted by Crippen LogP contribution is 2.27. The molecule has 0 radical (unpaired) electrons. The minimum atomic E-state index is -0.519. The molecule has 0 unspecified atom stereocenters. The van der Waals surface area contributed by atoms with E-state index in [0.29, 0.717) is 22.6 Å². The maximum Gasteiger partial charge on any atom is 0.256 e. The predicted molar refractivity (Wildman–Crippen MR) is 78.2 cm³/mol. The Hall–Kier alpha value is -1.53. The van der Waals surface area contributed by atoms with Crippen LogP contribution in [0, 0.1) is 11.6 Å². The second-order valence-electron chi connectivity index (χ2n) is 4.92. The van der Waals surface area contributed by atoms with E-state index in [1.165, 1.54) is 18.3 Å². The zero-order chi connectivity index (χ0) is 14.8. The predicted octanol–water partition coefficient (Wildman–Crippen LogP) is 4.17. The van der Waals surface area contributed by atoms with Crippen molar-refractivity contribution >= 4 is 15.9 Å². The minimum Gasteiger partial charge on any atom is -0.436 e. The molecular formula is C15H13BrF2N2O. The first kappa shape index (κ1) is 14.4. The molecule has 21 heavy (non-hydrogen) atoms. The molecule has 0 saturated heterocycles. The van der Waals surface area contributed by atoms with Crippen molar-refractivity contribution in [3.8, 4) is 11.6 Å². The lowest BCUT2D eigenvalue weighted by molar-refractivity contribution is 0.414. The van der Waals surface area contributed by atoms with Gasteiger partial charge in [0.15, 0.2) is 5.82 Å². The van der Waals surface area contributed by atoms with E-state index in [1.54, 1.807) is 12.1 Å². The van der Waals surface area contributed by atoms with Crippen molar-refractivity contribution in [2.24, 2.45) is 0 Å². The molecule has 1 saturated carbocycles. The monoisotopic (exact) mass is 354 g/mol. The Labute approximate surface area is 129 Å². The SMILES string of the molecule is Fc1cc(Oc2nccc(CNC3CC3)c2F)ccc1Br. The second kappa shape index (κ2) is 6.07. The lowest BCUT2D eigenvalue weighted by Crippen LogP contribution is -2.16. The average Bonchev–Trinajstić information content (AvgIpc) is 3.28. The molecule has 6 heteroatoms. The first-order valence-corrected chi connectivity index (χ1v) is 7.42. The molecule has 0 bridgehead atoms. The topological polar surface area (TPSA) is 34.1 Å². The van der Waals surface area contributed by atoms with Gasteiger partial charge in [-0.25, -0.2) is 13.8 Å². The van der Waals surface area contributed by atoms with Crippen LogP contribution in [-0.4, -0.2) is 11.0 Å². The Morgan fingerprint density at radius 2 is 2.10 bits per heavy atom. The molecule has 1 aliphatic rings. The van der Waals surface area contributed by atoms with Crippen LogP contribution < -0.4 is 10.1 Å². The minimum absolute atomic E-state index is 0.146. The van der Waals surface area contributed by atoms with Gasteiger partial charge < -0.3 is 10.1 Å². The number of ether oxygens (including phenoxy) is 1. The molecule has 1 N–H and O–H groups in total. The van der Waals surface area contributed by atoms with Gasteiger partial charge in [-0.1, -0.05) is 0 Å². The number of halogens is 3. The van der Waals surface area contributed by atoms with Crippen molar-refractivity contribution in [3.05, 3.63) is 52.1 Å². The van der Waals surface area contributed by atoms with Crippen LogP contribution in [0.2, 0.25) is 0 Å². The van der Waals surface area contributed by atoms with Gasteiger partial charge in [0.1, 0.15) is 11.6 Å². The Balaban J connectivity index is 1.77. The van der Waals surface area contributed by atoms with Crippen molar-refractivity contribution in [2.75, 3.05) is 0 Å². The molecule has 110 valence electrons. The van der Waals surface area contributed by atoms with Gasteiger partial charge in [-0.15, -0.1) is 0 Å². The van der Waals surface area contributed by atoms with Crippen LogP contribution in [0.4, 0.5) is 8.78 Å². The summed E-state index contributed by atoms with van der Waals surface area (Å²) in [6, 6.07) is 6.33. The van der Waals surface area contributed by atoms with E-state index in [-0.39, 0.29) is 11.6 Å². The molecule has 0 atom stereocenters. The number of aromatic nitrogens is 1. The largest absolute Gasteiger partial charge is 0.436 e. The fourth-order valence-corrected chi connectivity index (χ4v) is 2.11. The molecule has 1 aromatic carbocycles. The highest BCUT2D eigenvalue weighted by Gasteiger charge is 2.21. The van der Waals surface area contributed by atoms with E-state index in [2.05, 4.69) is 26.2 Å². The fourth-order valence-electron chi connectivity index (χ4n) is 1.86. The molecule has 1 fully saturated rings. The molecule has 0 amide bonds. The Morgan fingerprint density at radius 3 is 2.81 bits per heavy atom. The standard InChI is InChI=1S/C15H13BrF2N2O/c16-12-4-3-11(7-13(12)17)21-15-14(18)9(5-6-19-15)8-20-10-1-2-10/h3-7,10,20H,1-2,8H2. The zero-order valence-electron chi connectivity index (χ0n) is 11.1. The molecule has 3 rings (SSSR count). The Morgan fingerprint density at radius 1 is 1.29 bits per heavy atom. The highest BCUT2D eigenvalue weighted by molar-refractivity contribution is 9.10. The van der Waals surface area contributed by atoms with Crippen LogP contribution in [0.25, 0.3) is 0 Å². The van der Waals surface area contributed by atoms with E-state index in [4.69, 9.17) is 4.74 Å². The van der Waals surface area contributed by atoms with Gasteiger partial charge in [0.25, 0.3) is 5.88 Å². The van der Waals surface area contributed by atoms with Crippen LogP contribution in [0.1, 0.15) is 18.4 Å². The molecular weight excluding hydrogens is 342 g/mol. The summed E-state index contributed by atoms with van der Waals surface area (Å²) >= 11 is 3.05. The van der Waals surface area contributed by atoms with Crippen LogP contribution in [-0.2, 0) is 6.54 Å². The third kappa shape index (κ3) is 3.57. The van der Waals surface area contributed by atoms with Gasteiger partial charge in [-0.3, -0.25) is 0 Å². The summed E-state index contributed by atoms with van der Waals surface area (Å²) in [7, 11) is 0. The maximum atomic E-state index is 14.3. The van der Waals surface area contributed by atoms with Gasteiger partial charge in [-0.05, 0) is 47.0 Å². The number of rotatable bonds is 5. The lowest BCUT2D eigenvalue weighted by atomic mass is 10.2. The Bertz CT molecular complexity index is 662. The third-order valence-corrected chi connectivity index (χ3v) is 3.84. The van der Waals surface area contributed by atoms with Crippen molar-refractivity contribution < 1.29 is 13.5 Å². The number of hydrogen-bond donors (Lipinski definition) is 1. The molecule has 0 aliphatic heterocycles. The summed E-state index contributed by atoms with van der Waals surface area (Å²) in [5, 5.41) is 3.23. The normalized spacial score (nSPS) is 14.2. The summed E-state index contributed by atoms with van der Waals surface area (Å²) in [5.74, 6) is -0.935. The van der Waals surface area contributed by atoms with Crippen molar-refractivity contribution in [1.82, 2.24) is 10.3 Å². The van der Waals surface area contributed by atoms with E-state index in [1.807, 2.05) is 0 Å². The summed E-state index contributed by atoms with van der Waals surface area (Å²) in [4.78, 5) is 3.87. The van der Waals surface area contributed by atoms with Gasteiger partial charge in [0, 0.05) is 30.4 Å².